The number of thioether (sulfide) groups is 1. The van der Waals surface area contributed by atoms with Gasteiger partial charge in [0.05, 0.1) is 4.87 Å². The smallest absolute Gasteiger partial charge is 0.330 e. The van der Waals surface area contributed by atoms with Crippen LogP contribution in [0.1, 0.15) is 25.7 Å². The van der Waals surface area contributed by atoms with Gasteiger partial charge >= 0.3 is 5.97 Å². The number of amides is 1. The molecule has 0 spiro atoms. The quantitative estimate of drug-likeness (QED) is 0.774. The topological polar surface area (TPSA) is 85.5 Å². The van der Waals surface area contributed by atoms with Crippen LogP contribution in [-0.4, -0.2) is 43.6 Å². The monoisotopic (exact) mass is 359 g/mol. The summed E-state index contributed by atoms with van der Waals surface area (Å²) in [4.78, 5) is 25.9. The molecule has 2 atom stereocenters. The van der Waals surface area contributed by atoms with Crippen molar-refractivity contribution in [2.24, 2.45) is 0 Å². The van der Waals surface area contributed by atoms with Crippen molar-refractivity contribution in [2.75, 3.05) is 5.75 Å². The Bertz CT molecular complexity index is 809. The Morgan fingerprint density at radius 3 is 3.00 bits per heavy atom. The Morgan fingerprint density at radius 2 is 2.20 bits per heavy atom. The summed E-state index contributed by atoms with van der Waals surface area (Å²) in [5, 5.41) is 7.87. The number of hydrogen-bond acceptors (Lipinski definition) is 7. The van der Waals surface area contributed by atoms with E-state index in [1.807, 2.05) is 37.3 Å². The highest BCUT2D eigenvalue weighted by Gasteiger charge is 2.53. The lowest BCUT2D eigenvalue weighted by molar-refractivity contribution is -0.155. The molecule has 0 aliphatic carbocycles. The molecule has 1 amide bonds. The fourth-order valence-electron chi connectivity index (χ4n) is 3.23. The Labute approximate surface area is 148 Å². The highest BCUT2D eigenvalue weighted by molar-refractivity contribution is 8.01. The largest absolute Gasteiger partial charge is 0.454 e. The number of carbonyl (C=O) groups excluding carboxylic acids is 2. The zero-order valence-corrected chi connectivity index (χ0v) is 14.5. The second-order valence-corrected chi connectivity index (χ2v) is 7.74. The van der Waals surface area contributed by atoms with Crippen LogP contribution in [0.3, 0.4) is 0 Å². The molecule has 8 heteroatoms. The minimum absolute atomic E-state index is 0.0126. The van der Waals surface area contributed by atoms with Gasteiger partial charge in [0.15, 0.2) is 6.61 Å². The number of esters is 1. The second-order valence-electron chi connectivity index (χ2n) is 6.24. The standard InChI is InChI=1S/C17H17N3O4S/c1-17-8-7-14(21)20(17)12(10-25-17)16(22)23-9-13-18-19-15(24-13)11-5-3-2-4-6-11/h2-6,12H,7-10H2,1H3. The maximum absolute atomic E-state index is 12.4. The van der Waals surface area contributed by atoms with E-state index in [4.69, 9.17) is 9.15 Å². The maximum atomic E-state index is 12.4. The van der Waals surface area contributed by atoms with Crippen molar-refractivity contribution in [2.45, 2.75) is 37.3 Å². The van der Waals surface area contributed by atoms with Crippen molar-refractivity contribution in [1.29, 1.82) is 0 Å². The van der Waals surface area contributed by atoms with E-state index in [1.165, 1.54) is 0 Å². The number of hydrogen-bond donors (Lipinski definition) is 0. The summed E-state index contributed by atoms with van der Waals surface area (Å²) in [7, 11) is 0. The molecule has 2 fully saturated rings. The van der Waals surface area contributed by atoms with E-state index in [-0.39, 0.29) is 23.3 Å². The fraction of sp³-hybridized carbons (Fsp3) is 0.412. The molecule has 0 radical (unpaired) electrons. The fourth-order valence-corrected chi connectivity index (χ4v) is 4.65. The molecule has 25 heavy (non-hydrogen) atoms. The van der Waals surface area contributed by atoms with Gasteiger partial charge in [0.2, 0.25) is 11.8 Å². The molecule has 7 nitrogen and oxygen atoms in total. The first kappa shape index (κ1) is 16.1. The third-order valence-corrected chi connectivity index (χ3v) is 6.05. The summed E-state index contributed by atoms with van der Waals surface area (Å²) >= 11 is 1.63. The average molecular weight is 359 g/mol. The molecule has 1 aromatic carbocycles. The number of aromatic nitrogens is 2. The number of fused-ring (bicyclic) bond motifs is 1. The maximum Gasteiger partial charge on any atom is 0.330 e. The second kappa shape index (κ2) is 6.18. The number of nitrogens with zero attached hydrogens (tertiary/aromatic N) is 3. The third-order valence-electron chi connectivity index (χ3n) is 4.54. The zero-order valence-electron chi connectivity index (χ0n) is 13.7. The molecule has 2 aliphatic rings. The van der Waals surface area contributed by atoms with Gasteiger partial charge in [-0.25, -0.2) is 4.79 Å². The molecule has 2 unspecified atom stereocenters. The van der Waals surface area contributed by atoms with Crippen molar-refractivity contribution in [3.05, 3.63) is 36.2 Å². The van der Waals surface area contributed by atoms with Crippen LogP contribution in [0, 0.1) is 0 Å². The minimum Gasteiger partial charge on any atom is -0.454 e. The molecule has 2 aromatic rings. The predicted octanol–water partition coefficient (Wildman–Crippen LogP) is 2.23. The van der Waals surface area contributed by atoms with Gasteiger partial charge in [0.25, 0.3) is 5.89 Å². The van der Waals surface area contributed by atoms with E-state index >= 15 is 0 Å². The Morgan fingerprint density at radius 1 is 1.40 bits per heavy atom. The molecule has 0 bridgehead atoms. The molecule has 3 heterocycles. The van der Waals surface area contributed by atoms with Crippen LogP contribution in [0.2, 0.25) is 0 Å². The molecule has 0 N–H and O–H groups in total. The van der Waals surface area contributed by atoms with Gasteiger partial charge in [-0.2, -0.15) is 0 Å². The van der Waals surface area contributed by atoms with E-state index in [1.54, 1.807) is 16.7 Å². The Hall–Kier alpha value is -2.35. The average Bonchev–Trinajstić information content (AvgIpc) is 3.30. The molecule has 2 aliphatic heterocycles. The van der Waals surface area contributed by atoms with Gasteiger partial charge in [-0.05, 0) is 25.5 Å². The van der Waals surface area contributed by atoms with Crippen molar-refractivity contribution in [1.82, 2.24) is 15.1 Å². The number of rotatable bonds is 4. The lowest BCUT2D eigenvalue weighted by Gasteiger charge is -2.29. The Kier molecular flexibility index (Phi) is 3.99. The van der Waals surface area contributed by atoms with Crippen LogP contribution in [0.25, 0.3) is 11.5 Å². The molecular weight excluding hydrogens is 342 g/mol. The van der Waals surface area contributed by atoms with Gasteiger partial charge in [-0.3, -0.25) is 4.79 Å². The van der Waals surface area contributed by atoms with Crippen LogP contribution >= 0.6 is 11.8 Å². The van der Waals surface area contributed by atoms with E-state index in [9.17, 15) is 9.59 Å². The van der Waals surface area contributed by atoms with Crippen LogP contribution in [0.15, 0.2) is 34.7 Å². The number of carbonyl (C=O) groups is 2. The van der Waals surface area contributed by atoms with Crippen molar-refractivity contribution >= 4 is 23.6 Å². The molecule has 2 saturated heterocycles. The van der Waals surface area contributed by atoms with Crippen LogP contribution in [0.4, 0.5) is 0 Å². The van der Waals surface area contributed by atoms with Gasteiger partial charge in [-0.1, -0.05) is 18.2 Å². The van der Waals surface area contributed by atoms with Crippen molar-refractivity contribution < 1.29 is 18.7 Å². The van der Waals surface area contributed by atoms with E-state index in [2.05, 4.69) is 10.2 Å². The SMILES string of the molecule is CC12CCC(=O)N1C(C(=O)OCc1nnc(-c3ccccc3)o1)CS2. The summed E-state index contributed by atoms with van der Waals surface area (Å²) in [6, 6.07) is 8.83. The Balaban J connectivity index is 1.40. The predicted molar refractivity (Wildman–Crippen MR) is 90.3 cm³/mol. The summed E-state index contributed by atoms with van der Waals surface area (Å²) in [5.74, 6) is 0.753. The van der Waals surface area contributed by atoms with Gasteiger partial charge in [0, 0.05) is 17.7 Å². The van der Waals surface area contributed by atoms with Gasteiger partial charge < -0.3 is 14.1 Å². The lowest BCUT2D eigenvalue weighted by Crippen LogP contribution is -2.46. The first-order chi connectivity index (χ1) is 12.1. The van der Waals surface area contributed by atoms with E-state index in [0.29, 0.717) is 18.1 Å². The summed E-state index contributed by atoms with van der Waals surface area (Å²) in [5.41, 5.74) is 0.804. The van der Waals surface area contributed by atoms with Crippen molar-refractivity contribution in [3.8, 4) is 11.5 Å². The van der Waals surface area contributed by atoms with E-state index < -0.39 is 12.0 Å². The first-order valence-corrected chi connectivity index (χ1v) is 9.06. The van der Waals surface area contributed by atoms with Gasteiger partial charge in [-0.15, -0.1) is 22.0 Å². The normalized spacial score (nSPS) is 25.2. The van der Waals surface area contributed by atoms with Crippen LogP contribution in [0.5, 0.6) is 0 Å². The lowest BCUT2D eigenvalue weighted by atomic mass is 10.2. The number of benzene rings is 1. The number of ether oxygens (including phenoxy) is 1. The highest BCUT2D eigenvalue weighted by atomic mass is 32.2. The van der Waals surface area contributed by atoms with Gasteiger partial charge in [0.1, 0.15) is 6.04 Å². The zero-order chi connectivity index (χ0) is 17.4. The molecule has 130 valence electrons. The highest BCUT2D eigenvalue weighted by Crippen LogP contribution is 2.47. The summed E-state index contributed by atoms with van der Waals surface area (Å²) < 4.78 is 10.8. The van der Waals surface area contributed by atoms with Crippen molar-refractivity contribution in [3.63, 3.8) is 0 Å². The molecule has 1 aromatic heterocycles. The van der Waals surface area contributed by atoms with Crippen LogP contribution < -0.4 is 0 Å². The third kappa shape index (κ3) is 2.90. The van der Waals surface area contributed by atoms with E-state index in [0.717, 1.165) is 12.0 Å². The minimum atomic E-state index is -0.540. The first-order valence-electron chi connectivity index (χ1n) is 8.07. The molecule has 4 rings (SSSR count). The molecular formula is C17H17N3O4S. The summed E-state index contributed by atoms with van der Waals surface area (Å²) in [6.07, 6.45) is 1.25. The summed E-state index contributed by atoms with van der Waals surface area (Å²) in [6.45, 7) is 1.90. The van der Waals surface area contributed by atoms with Crippen LogP contribution in [-0.2, 0) is 20.9 Å². The molecule has 0 saturated carbocycles.